The Labute approximate surface area is 63.9 Å². The third kappa shape index (κ3) is 0.995. The molecule has 0 saturated heterocycles. The Morgan fingerprint density at radius 2 is 2.60 bits per heavy atom. The van der Waals surface area contributed by atoms with Crippen LogP contribution in [0.15, 0.2) is 0 Å². The van der Waals surface area contributed by atoms with Crippen LogP contribution in [0.5, 0.6) is 0 Å². The topological polar surface area (TPSA) is 46.5 Å². The van der Waals surface area contributed by atoms with Crippen LogP contribution >= 0.6 is 11.6 Å². The Hall–Kier alpha value is -0.280. The van der Waals surface area contributed by atoms with E-state index in [-0.39, 0.29) is 12.5 Å². The molecule has 0 spiro atoms. The molecule has 58 valence electrons. The molecule has 2 atom stereocenters. The molecule has 0 aromatic rings. The first kappa shape index (κ1) is 7.82. The highest BCUT2D eigenvalue weighted by Crippen LogP contribution is 2.49. The van der Waals surface area contributed by atoms with Gasteiger partial charge in [-0.15, -0.1) is 11.6 Å². The van der Waals surface area contributed by atoms with Crippen LogP contribution in [0, 0.1) is 5.92 Å². The van der Waals surface area contributed by atoms with Gasteiger partial charge in [-0.25, -0.2) is 0 Å². The molecule has 0 radical (unpaired) electrons. The summed E-state index contributed by atoms with van der Waals surface area (Å²) in [7, 11) is 1.29. The maximum atomic E-state index is 10.8. The first-order valence-electron chi connectivity index (χ1n) is 3.03. The molecular weight excluding hydrogens is 156 g/mol. The van der Waals surface area contributed by atoms with Gasteiger partial charge in [-0.2, -0.15) is 0 Å². The molecule has 1 rings (SSSR count). The van der Waals surface area contributed by atoms with Crippen LogP contribution in [0.1, 0.15) is 6.42 Å². The molecule has 0 aliphatic heterocycles. The van der Waals surface area contributed by atoms with Gasteiger partial charge in [0, 0.05) is 12.5 Å². The Morgan fingerprint density at radius 1 is 2.00 bits per heavy atom. The predicted octanol–water partition coefficient (Wildman–Crippen LogP) is 0.149. The van der Waals surface area contributed by atoms with Gasteiger partial charge >= 0.3 is 5.97 Å². The van der Waals surface area contributed by atoms with Crippen molar-refractivity contribution in [1.82, 2.24) is 0 Å². The second-order valence-corrected chi connectivity index (χ2v) is 3.11. The minimum Gasteiger partial charge on any atom is -0.468 e. The minimum atomic E-state index is -0.913. The number of aliphatic hydroxyl groups is 1. The van der Waals surface area contributed by atoms with Gasteiger partial charge in [0.05, 0.1) is 7.11 Å². The van der Waals surface area contributed by atoms with E-state index in [0.717, 1.165) is 0 Å². The Kier molecular flexibility index (Phi) is 1.88. The summed E-state index contributed by atoms with van der Waals surface area (Å²) in [6, 6.07) is 0. The van der Waals surface area contributed by atoms with Crippen LogP contribution in [0.3, 0.4) is 0 Å². The van der Waals surface area contributed by atoms with Crippen molar-refractivity contribution in [2.24, 2.45) is 5.92 Å². The smallest absolute Gasteiger partial charge is 0.327 e. The quantitative estimate of drug-likeness (QED) is 0.467. The summed E-state index contributed by atoms with van der Waals surface area (Å²) < 4.78 is 4.43. The molecule has 1 N–H and O–H groups in total. The van der Waals surface area contributed by atoms with E-state index >= 15 is 0 Å². The molecule has 4 heteroatoms. The highest BCUT2D eigenvalue weighted by Gasteiger charge is 2.59. The number of carbonyl (C=O) groups excluding carboxylic acids is 1. The van der Waals surface area contributed by atoms with E-state index in [1.165, 1.54) is 7.11 Å². The number of hydrogen-bond acceptors (Lipinski definition) is 3. The SMILES string of the molecule is COC(=O)[C@@]1(Cl)C[C@@H]1CO. The van der Waals surface area contributed by atoms with Crippen molar-refractivity contribution in [3.8, 4) is 0 Å². The standard InChI is InChI=1S/C6H9ClO3/c1-10-5(9)6(7)2-4(6)3-8/h4,8H,2-3H2,1H3/t4-,6-/m1/s1. The summed E-state index contributed by atoms with van der Waals surface area (Å²) in [4.78, 5) is 9.89. The fourth-order valence-electron chi connectivity index (χ4n) is 0.929. The maximum absolute atomic E-state index is 10.8. The van der Waals surface area contributed by atoms with Crippen molar-refractivity contribution in [3.63, 3.8) is 0 Å². The molecule has 1 aliphatic rings. The Balaban J connectivity index is 2.50. The lowest BCUT2D eigenvalue weighted by Crippen LogP contribution is -2.20. The van der Waals surface area contributed by atoms with E-state index in [1.807, 2.05) is 0 Å². The van der Waals surface area contributed by atoms with Crippen LogP contribution < -0.4 is 0 Å². The number of hydrogen-bond donors (Lipinski definition) is 1. The molecule has 1 fully saturated rings. The monoisotopic (exact) mass is 164 g/mol. The summed E-state index contributed by atoms with van der Waals surface area (Å²) >= 11 is 5.73. The molecule has 0 bridgehead atoms. The molecule has 0 heterocycles. The number of methoxy groups -OCH3 is 1. The second kappa shape index (κ2) is 2.40. The largest absolute Gasteiger partial charge is 0.468 e. The first-order chi connectivity index (χ1) is 4.65. The molecular formula is C6H9ClO3. The fourth-order valence-corrected chi connectivity index (χ4v) is 1.26. The first-order valence-corrected chi connectivity index (χ1v) is 3.41. The molecule has 0 unspecified atom stereocenters. The van der Waals surface area contributed by atoms with Crippen molar-refractivity contribution in [3.05, 3.63) is 0 Å². The van der Waals surface area contributed by atoms with E-state index in [0.29, 0.717) is 6.42 Å². The van der Waals surface area contributed by atoms with Gasteiger partial charge in [0.15, 0.2) is 0 Å². The van der Waals surface area contributed by atoms with Gasteiger partial charge in [0.2, 0.25) is 0 Å². The lowest BCUT2D eigenvalue weighted by atomic mass is 10.3. The number of esters is 1. The highest BCUT2D eigenvalue weighted by molar-refractivity contribution is 6.36. The van der Waals surface area contributed by atoms with Gasteiger partial charge in [0.25, 0.3) is 0 Å². The van der Waals surface area contributed by atoms with E-state index in [1.54, 1.807) is 0 Å². The van der Waals surface area contributed by atoms with E-state index in [2.05, 4.69) is 4.74 Å². The predicted molar refractivity (Wildman–Crippen MR) is 35.8 cm³/mol. The molecule has 10 heavy (non-hydrogen) atoms. The van der Waals surface area contributed by atoms with E-state index in [9.17, 15) is 4.79 Å². The third-order valence-electron chi connectivity index (χ3n) is 1.78. The van der Waals surface area contributed by atoms with Crippen LogP contribution in [0.25, 0.3) is 0 Å². The number of halogens is 1. The molecule has 1 saturated carbocycles. The lowest BCUT2D eigenvalue weighted by Gasteiger charge is -2.03. The van der Waals surface area contributed by atoms with Crippen molar-refractivity contribution < 1.29 is 14.6 Å². The molecule has 1 aliphatic carbocycles. The number of ether oxygens (including phenoxy) is 1. The fraction of sp³-hybridized carbons (Fsp3) is 0.833. The zero-order valence-electron chi connectivity index (χ0n) is 5.63. The molecule has 3 nitrogen and oxygen atoms in total. The summed E-state index contributed by atoms with van der Waals surface area (Å²) in [5.41, 5.74) is 0. The number of rotatable bonds is 2. The van der Waals surface area contributed by atoms with Crippen LogP contribution in [0.2, 0.25) is 0 Å². The zero-order valence-corrected chi connectivity index (χ0v) is 6.39. The van der Waals surface area contributed by atoms with Crippen molar-refractivity contribution in [2.75, 3.05) is 13.7 Å². The van der Waals surface area contributed by atoms with Crippen molar-refractivity contribution in [1.29, 1.82) is 0 Å². The average molecular weight is 165 g/mol. The van der Waals surface area contributed by atoms with Crippen LogP contribution in [-0.2, 0) is 9.53 Å². The molecule has 0 aromatic carbocycles. The van der Waals surface area contributed by atoms with Crippen LogP contribution in [-0.4, -0.2) is 29.7 Å². The van der Waals surface area contributed by atoms with E-state index < -0.39 is 10.8 Å². The Bertz CT molecular complexity index is 159. The van der Waals surface area contributed by atoms with Gasteiger partial charge < -0.3 is 9.84 Å². The summed E-state index contributed by atoms with van der Waals surface area (Å²) in [5.74, 6) is -0.546. The van der Waals surface area contributed by atoms with Gasteiger partial charge in [-0.1, -0.05) is 0 Å². The van der Waals surface area contributed by atoms with Gasteiger partial charge in [0.1, 0.15) is 4.87 Å². The zero-order chi connectivity index (χ0) is 7.78. The van der Waals surface area contributed by atoms with Gasteiger partial charge in [-0.3, -0.25) is 4.79 Å². The minimum absolute atomic E-state index is 0.0431. The Morgan fingerprint density at radius 3 is 2.90 bits per heavy atom. The van der Waals surface area contributed by atoms with Crippen molar-refractivity contribution >= 4 is 17.6 Å². The highest BCUT2D eigenvalue weighted by atomic mass is 35.5. The second-order valence-electron chi connectivity index (χ2n) is 2.44. The summed E-state index contributed by atoms with van der Waals surface area (Å²) in [6.45, 7) is -0.0431. The average Bonchev–Trinajstić information content (AvgIpc) is 2.61. The van der Waals surface area contributed by atoms with E-state index in [4.69, 9.17) is 16.7 Å². The molecule has 0 aromatic heterocycles. The normalized spacial score (nSPS) is 37.3. The molecule has 0 amide bonds. The maximum Gasteiger partial charge on any atom is 0.327 e. The lowest BCUT2D eigenvalue weighted by molar-refractivity contribution is -0.141. The van der Waals surface area contributed by atoms with Crippen LogP contribution in [0.4, 0.5) is 0 Å². The summed E-state index contributed by atoms with van der Waals surface area (Å²) in [6.07, 6.45) is 0.526. The third-order valence-corrected chi connectivity index (χ3v) is 2.39. The number of carbonyl (C=O) groups is 1. The summed E-state index contributed by atoms with van der Waals surface area (Å²) in [5, 5.41) is 8.59. The van der Waals surface area contributed by atoms with Crippen molar-refractivity contribution in [2.45, 2.75) is 11.3 Å². The number of aliphatic hydroxyl groups excluding tert-OH is 1. The van der Waals surface area contributed by atoms with Gasteiger partial charge in [-0.05, 0) is 6.42 Å². The number of alkyl halides is 1.